The highest BCUT2D eigenvalue weighted by atomic mass is 32.2. The van der Waals surface area contributed by atoms with Crippen LogP contribution in [0.25, 0.3) is 10.8 Å². The molecule has 0 radical (unpaired) electrons. The Morgan fingerprint density at radius 1 is 0.867 bits per heavy atom. The molecule has 0 aromatic heterocycles. The number of phenolic OH excluding ortho intramolecular Hbond substituents is 2. The topological polar surface area (TPSA) is 186 Å². The van der Waals surface area contributed by atoms with Crippen molar-refractivity contribution >= 4 is 48.1 Å². The Morgan fingerprint density at radius 2 is 1.50 bits per heavy atom. The number of aromatic hydroxyl groups is 2. The van der Waals surface area contributed by atoms with E-state index in [9.17, 15) is 36.2 Å². The van der Waals surface area contributed by atoms with E-state index in [1.165, 1.54) is 0 Å². The van der Waals surface area contributed by atoms with E-state index in [2.05, 4.69) is 15.5 Å². The van der Waals surface area contributed by atoms with Crippen molar-refractivity contribution in [2.75, 3.05) is 12.4 Å². The predicted molar refractivity (Wildman–Crippen MR) is 107 cm³/mol. The predicted octanol–water partition coefficient (Wildman–Crippen LogP) is 3.20. The number of nitrogens with one attached hydrogen (secondary N) is 1. The molecule has 30 heavy (non-hydrogen) atoms. The van der Waals surface area contributed by atoms with E-state index < -0.39 is 58.0 Å². The molecule has 0 spiro atoms. The van der Waals surface area contributed by atoms with E-state index in [0.29, 0.717) is 17.8 Å². The van der Waals surface area contributed by atoms with Crippen LogP contribution in [0, 0.1) is 0 Å². The van der Waals surface area contributed by atoms with Crippen LogP contribution in [0.5, 0.6) is 11.5 Å². The minimum atomic E-state index is -4.95. The van der Waals surface area contributed by atoms with Gasteiger partial charge in [0, 0.05) is 24.2 Å². The van der Waals surface area contributed by atoms with Gasteiger partial charge in [-0.25, -0.2) is 0 Å². The first-order chi connectivity index (χ1) is 13.9. The van der Waals surface area contributed by atoms with Gasteiger partial charge < -0.3 is 15.5 Å². The largest absolute Gasteiger partial charge is 0.507 e. The summed E-state index contributed by atoms with van der Waals surface area (Å²) >= 11 is 0. The maximum atomic E-state index is 11.8. The summed E-state index contributed by atoms with van der Waals surface area (Å²) < 4.78 is 65.1. The summed E-state index contributed by atoms with van der Waals surface area (Å²) in [5, 5.41) is 30.1. The van der Waals surface area contributed by atoms with Crippen molar-refractivity contribution in [1.82, 2.24) is 0 Å². The highest BCUT2D eigenvalue weighted by molar-refractivity contribution is 7.86. The number of hydrogen-bond donors (Lipinski definition) is 5. The third-order valence-electron chi connectivity index (χ3n) is 4.11. The first kappa shape index (κ1) is 21.4. The second kappa shape index (κ2) is 7.53. The SMILES string of the molecule is CNc1ccc(N=Nc2cc(S(=O)(=O)O)c3cc(S(=O)(=O)O)cc(O)c3c2O)cc1. The Morgan fingerprint density at radius 3 is 2.03 bits per heavy atom. The molecule has 0 bridgehead atoms. The molecule has 3 rings (SSSR count). The van der Waals surface area contributed by atoms with Crippen molar-refractivity contribution < 1.29 is 36.2 Å². The van der Waals surface area contributed by atoms with Crippen LogP contribution in [0.2, 0.25) is 0 Å². The van der Waals surface area contributed by atoms with Crippen LogP contribution in [0.1, 0.15) is 0 Å². The van der Waals surface area contributed by atoms with Crippen molar-refractivity contribution in [3.05, 3.63) is 42.5 Å². The van der Waals surface area contributed by atoms with Crippen LogP contribution in [0.15, 0.2) is 62.5 Å². The molecule has 5 N–H and O–H groups in total. The van der Waals surface area contributed by atoms with Crippen LogP contribution in [-0.4, -0.2) is 43.2 Å². The highest BCUT2D eigenvalue weighted by Gasteiger charge is 2.24. The third-order valence-corrected chi connectivity index (χ3v) is 5.83. The van der Waals surface area contributed by atoms with E-state index in [4.69, 9.17) is 0 Å². The minimum absolute atomic E-state index is 0.354. The molecule has 0 amide bonds. The molecule has 0 saturated carbocycles. The molecule has 158 valence electrons. The molecule has 3 aromatic rings. The molecular formula is C17H15N3O8S2. The van der Waals surface area contributed by atoms with E-state index in [1.807, 2.05) is 0 Å². The third kappa shape index (κ3) is 4.18. The van der Waals surface area contributed by atoms with Crippen LogP contribution < -0.4 is 5.32 Å². The molecular weight excluding hydrogens is 438 g/mol. The quantitative estimate of drug-likeness (QED) is 0.285. The Hall–Kier alpha value is -3.26. The molecule has 0 atom stereocenters. The molecule has 13 heteroatoms. The number of hydrogen-bond acceptors (Lipinski definition) is 9. The Balaban J connectivity index is 2.27. The van der Waals surface area contributed by atoms with Crippen LogP contribution in [0.4, 0.5) is 17.1 Å². The van der Waals surface area contributed by atoms with Crippen LogP contribution >= 0.6 is 0 Å². The lowest BCUT2D eigenvalue weighted by Gasteiger charge is -2.11. The fraction of sp³-hybridized carbons (Fsp3) is 0.0588. The number of nitrogens with zero attached hydrogens (tertiary/aromatic N) is 2. The van der Waals surface area contributed by atoms with Gasteiger partial charge in [-0.05, 0) is 36.4 Å². The van der Waals surface area contributed by atoms with Crippen molar-refractivity contribution in [2.24, 2.45) is 10.2 Å². The molecule has 0 aliphatic heterocycles. The summed E-state index contributed by atoms with van der Waals surface area (Å²) in [7, 11) is -8.04. The average Bonchev–Trinajstić information content (AvgIpc) is 2.65. The molecule has 0 unspecified atom stereocenters. The molecule has 0 aliphatic carbocycles. The lowest BCUT2D eigenvalue weighted by atomic mass is 10.1. The van der Waals surface area contributed by atoms with Crippen molar-refractivity contribution in [3.8, 4) is 11.5 Å². The number of phenols is 2. The highest BCUT2D eigenvalue weighted by Crippen LogP contribution is 2.44. The van der Waals surface area contributed by atoms with Gasteiger partial charge in [0.15, 0.2) is 5.75 Å². The second-order valence-electron chi connectivity index (χ2n) is 6.05. The molecule has 3 aromatic carbocycles. The standard InChI is InChI=1S/C17H15N3O8S2/c1-18-9-2-4-10(5-3-9)19-20-13-8-15(30(26,27)28)12-6-11(29(23,24)25)7-14(21)16(12)17(13)22/h2-8,18,21-22H,1H3,(H,23,24,25)(H,26,27,28). The first-order valence-corrected chi connectivity index (χ1v) is 11.0. The average molecular weight is 453 g/mol. The smallest absolute Gasteiger partial charge is 0.295 e. The van der Waals surface area contributed by atoms with E-state index >= 15 is 0 Å². The maximum Gasteiger partial charge on any atom is 0.295 e. The Bertz CT molecular complexity index is 1380. The zero-order chi connectivity index (χ0) is 22.3. The molecule has 0 aliphatic rings. The van der Waals surface area contributed by atoms with Crippen molar-refractivity contribution in [2.45, 2.75) is 9.79 Å². The van der Waals surface area contributed by atoms with Gasteiger partial charge in [-0.15, -0.1) is 5.11 Å². The van der Waals surface area contributed by atoms with E-state index in [1.54, 1.807) is 31.3 Å². The molecule has 11 nitrogen and oxygen atoms in total. The lowest BCUT2D eigenvalue weighted by Crippen LogP contribution is -2.02. The summed E-state index contributed by atoms with van der Waals surface area (Å²) in [6.45, 7) is 0. The summed E-state index contributed by atoms with van der Waals surface area (Å²) in [5.74, 6) is -1.58. The van der Waals surface area contributed by atoms with Crippen LogP contribution in [-0.2, 0) is 20.2 Å². The fourth-order valence-electron chi connectivity index (χ4n) is 2.69. The van der Waals surface area contributed by atoms with Gasteiger partial charge in [0.1, 0.15) is 16.3 Å². The molecule has 0 heterocycles. The van der Waals surface area contributed by atoms with Gasteiger partial charge in [-0.3, -0.25) is 9.11 Å². The normalized spacial score (nSPS) is 12.5. The fourth-order valence-corrected chi connectivity index (χ4v) is 3.91. The number of fused-ring (bicyclic) bond motifs is 1. The minimum Gasteiger partial charge on any atom is -0.507 e. The first-order valence-electron chi connectivity index (χ1n) is 8.09. The summed E-state index contributed by atoms with van der Waals surface area (Å²) in [6.07, 6.45) is 0. The van der Waals surface area contributed by atoms with E-state index in [0.717, 1.165) is 11.8 Å². The summed E-state index contributed by atoms with van der Waals surface area (Å²) in [6, 6.07) is 8.63. The van der Waals surface area contributed by atoms with Gasteiger partial charge in [-0.1, -0.05) is 0 Å². The zero-order valence-electron chi connectivity index (χ0n) is 15.2. The van der Waals surface area contributed by atoms with Gasteiger partial charge >= 0.3 is 0 Å². The summed E-state index contributed by atoms with van der Waals surface area (Å²) in [4.78, 5) is -1.69. The van der Waals surface area contributed by atoms with Gasteiger partial charge in [0.2, 0.25) is 0 Å². The number of azo groups is 1. The zero-order valence-corrected chi connectivity index (χ0v) is 16.8. The van der Waals surface area contributed by atoms with Crippen LogP contribution in [0.3, 0.4) is 0 Å². The van der Waals surface area contributed by atoms with Crippen molar-refractivity contribution in [3.63, 3.8) is 0 Å². The Kier molecular flexibility index (Phi) is 5.38. The van der Waals surface area contributed by atoms with Gasteiger partial charge in [-0.2, -0.15) is 21.9 Å². The molecule has 0 saturated heterocycles. The monoisotopic (exact) mass is 453 g/mol. The second-order valence-corrected chi connectivity index (χ2v) is 8.87. The lowest BCUT2D eigenvalue weighted by molar-refractivity contribution is 0.459. The number of anilines is 1. The summed E-state index contributed by atoms with van der Waals surface area (Å²) in [5.41, 5.74) is 0.742. The molecule has 0 fully saturated rings. The Labute approximate surface area is 170 Å². The number of rotatable bonds is 5. The van der Waals surface area contributed by atoms with Gasteiger partial charge in [0.05, 0.1) is 16.0 Å². The van der Waals surface area contributed by atoms with Crippen molar-refractivity contribution in [1.29, 1.82) is 0 Å². The van der Waals surface area contributed by atoms with Gasteiger partial charge in [0.25, 0.3) is 20.2 Å². The van der Waals surface area contributed by atoms with E-state index in [-0.39, 0.29) is 0 Å². The maximum absolute atomic E-state index is 11.8. The number of benzene rings is 3.